The summed E-state index contributed by atoms with van der Waals surface area (Å²) in [6.45, 7) is 19.1. The lowest BCUT2D eigenvalue weighted by Crippen LogP contribution is -2.34. The van der Waals surface area contributed by atoms with Gasteiger partial charge in [-0.1, -0.05) is 49.2 Å². The molecule has 4 heterocycles. The number of benzene rings is 2. The van der Waals surface area contributed by atoms with Crippen LogP contribution in [0, 0.1) is 12.7 Å². The molecule has 3 aromatic heterocycles. The van der Waals surface area contributed by atoms with Crippen LogP contribution in [0.2, 0.25) is 25.7 Å². The number of thiazole rings is 2. The molecule has 1 amide bonds. The van der Waals surface area contributed by atoms with Crippen molar-refractivity contribution < 1.29 is 32.9 Å². The molecule has 0 unspecified atom stereocenters. The van der Waals surface area contributed by atoms with Gasteiger partial charge in [-0.25, -0.2) is 19.0 Å². The highest BCUT2D eigenvalue weighted by Gasteiger charge is 2.29. The fraction of sp³-hybridized carbons (Fsp3) is 0.511. The Bertz CT molecular complexity index is 2420. The topological polar surface area (TPSA) is 134 Å². The van der Waals surface area contributed by atoms with Crippen LogP contribution in [0.4, 0.5) is 26.0 Å². The largest absolute Gasteiger partial charge is 0.491 e. The number of anilines is 2. The average Bonchev–Trinajstić information content (AvgIpc) is 3.80. The Morgan fingerprint density at radius 3 is 2.56 bits per heavy atom. The van der Waals surface area contributed by atoms with Gasteiger partial charge in [0, 0.05) is 50.8 Å². The molecule has 13 nitrogen and oxygen atoms in total. The number of para-hydroxylation sites is 1. The third-order valence-corrected chi connectivity index (χ3v) is 14.1. The molecule has 0 fully saturated rings. The maximum absolute atomic E-state index is 15.1. The zero-order valence-corrected chi connectivity index (χ0v) is 40.1. The van der Waals surface area contributed by atoms with Crippen LogP contribution in [0.5, 0.6) is 5.75 Å². The fourth-order valence-electron chi connectivity index (χ4n) is 6.88. The molecule has 0 atom stereocenters. The summed E-state index contributed by atoms with van der Waals surface area (Å²) >= 11 is 3.03. The Balaban J connectivity index is 1.13. The predicted molar refractivity (Wildman–Crippen MR) is 247 cm³/mol. The minimum Gasteiger partial charge on any atom is -0.491 e. The molecule has 62 heavy (non-hydrogen) atoms. The molecule has 0 N–H and O–H groups in total. The van der Waals surface area contributed by atoms with Crippen molar-refractivity contribution in [3.05, 3.63) is 80.3 Å². The second-order valence-electron chi connectivity index (χ2n) is 17.7. The van der Waals surface area contributed by atoms with Crippen molar-refractivity contribution in [1.29, 1.82) is 0 Å². The maximum atomic E-state index is 15.1. The van der Waals surface area contributed by atoms with Gasteiger partial charge in [0.15, 0.2) is 38.8 Å². The molecule has 334 valence electrons. The summed E-state index contributed by atoms with van der Waals surface area (Å²) in [6.07, 6.45) is 3.54. The van der Waals surface area contributed by atoms with Crippen LogP contribution in [0.1, 0.15) is 79.0 Å². The minimum absolute atomic E-state index is 0.160. The molecule has 1 aliphatic heterocycles. The van der Waals surface area contributed by atoms with Crippen LogP contribution in [-0.4, -0.2) is 90.3 Å². The number of carbonyl (C=O) groups excluding carboxylic acids is 2. The summed E-state index contributed by atoms with van der Waals surface area (Å²) in [5.74, 6) is 0.498. The monoisotopic (exact) mass is 905 g/mol. The van der Waals surface area contributed by atoms with E-state index < -0.39 is 25.5 Å². The van der Waals surface area contributed by atoms with E-state index in [0.717, 1.165) is 55.5 Å². The van der Waals surface area contributed by atoms with Gasteiger partial charge in [0.25, 0.3) is 0 Å². The molecule has 0 saturated carbocycles. The number of amides is 1. The number of rotatable bonds is 18. The van der Waals surface area contributed by atoms with E-state index in [1.165, 1.54) is 22.3 Å². The molecule has 0 saturated heterocycles. The standard InChI is InChI=1S/C45H60FN7O6S2Si/c1-10-57-41(54)38-37(20-15-25-58-35-22-21-31(28-33(35)46)16-13-23-51(6)44(55)59-45(3,4)5)61-42(47-38)52-24-14-17-32-30(2)39(49-50-40(32)52)48-43-53(29-56-26-27-62(7,8)9)34-18-11-12-19-36(34)60-43/h11-12,18-19,21-22,28H,10,13-17,20,23-27,29H2,1-9H3/b48-43-. The SMILES string of the molecule is CCOC(=O)c1nc(N2CCCc3c2nnc(/N=c2\sc4ccccc4n2COCC[Si](C)(C)C)c3C)sc1CCCOc1ccc(CCCN(C)C(=O)OC(C)(C)C)cc1F. The van der Waals surface area contributed by atoms with E-state index >= 15 is 4.39 Å². The highest BCUT2D eigenvalue weighted by Crippen LogP contribution is 2.39. The number of halogens is 1. The first-order chi connectivity index (χ1) is 29.5. The zero-order valence-electron chi connectivity index (χ0n) is 37.5. The van der Waals surface area contributed by atoms with Gasteiger partial charge in [-0.3, -0.25) is 4.57 Å². The van der Waals surface area contributed by atoms with Crippen LogP contribution in [-0.2, 0) is 40.2 Å². The van der Waals surface area contributed by atoms with Crippen LogP contribution >= 0.6 is 22.7 Å². The molecular formula is C45H60FN7O6S2Si. The first-order valence-electron chi connectivity index (χ1n) is 21.4. The van der Waals surface area contributed by atoms with Crippen LogP contribution in [0.15, 0.2) is 47.5 Å². The highest BCUT2D eigenvalue weighted by atomic mass is 32.1. The Labute approximate surface area is 372 Å². The van der Waals surface area contributed by atoms with Crippen molar-refractivity contribution in [2.75, 3.05) is 44.9 Å². The van der Waals surface area contributed by atoms with Gasteiger partial charge in [-0.2, -0.15) is 4.99 Å². The first-order valence-corrected chi connectivity index (χ1v) is 26.7. The number of aryl methyl sites for hydroxylation is 2. The smallest absolute Gasteiger partial charge is 0.410 e. The molecule has 0 spiro atoms. The fourth-order valence-corrected chi connectivity index (χ4v) is 9.78. The molecule has 0 radical (unpaired) electrons. The summed E-state index contributed by atoms with van der Waals surface area (Å²) in [4.78, 5) is 40.4. The van der Waals surface area contributed by atoms with Gasteiger partial charge in [0.1, 0.15) is 12.3 Å². The summed E-state index contributed by atoms with van der Waals surface area (Å²) in [5.41, 5.74) is 3.58. The van der Waals surface area contributed by atoms with Crippen molar-refractivity contribution in [2.24, 2.45) is 4.99 Å². The average molecular weight is 906 g/mol. The molecule has 0 aliphatic carbocycles. The van der Waals surface area contributed by atoms with E-state index in [-0.39, 0.29) is 30.8 Å². The van der Waals surface area contributed by atoms with E-state index in [1.54, 1.807) is 31.4 Å². The molecule has 2 aromatic carbocycles. The Hall–Kier alpha value is -4.71. The van der Waals surface area contributed by atoms with Crippen molar-refractivity contribution in [3.8, 4) is 5.75 Å². The summed E-state index contributed by atoms with van der Waals surface area (Å²) < 4.78 is 41.2. The lowest BCUT2D eigenvalue weighted by molar-refractivity contribution is 0.0296. The summed E-state index contributed by atoms with van der Waals surface area (Å²) in [7, 11) is 0.459. The van der Waals surface area contributed by atoms with Gasteiger partial charge in [-0.15, -0.1) is 21.5 Å². The van der Waals surface area contributed by atoms with Gasteiger partial charge in [-0.05, 0) is 109 Å². The Morgan fingerprint density at radius 2 is 1.82 bits per heavy atom. The van der Waals surface area contributed by atoms with E-state index in [0.29, 0.717) is 68.9 Å². The molecule has 17 heteroatoms. The first kappa shape index (κ1) is 46.8. The lowest BCUT2D eigenvalue weighted by atomic mass is 10.0. The Morgan fingerprint density at radius 1 is 1.03 bits per heavy atom. The third-order valence-electron chi connectivity index (χ3n) is 10.2. The number of nitrogens with zero attached hydrogens (tertiary/aromatic N) is 7. The minimum atomic E-state index is -1.23. The number of hydrogen-bond acceptors (Lipinski definition) is 13. The third kappa shape index (κ3) is 12.3. The van der Waals surface area contributed by atoms with E-state index in [2.05, 4.69) is 41.4 Å². The molecular weight excluding hydrogens is 846 g/mol. The van der Waals surface area contributed by atoms with Crippen molar-refractivity contribution in [3.63, 3.8) is 0 Å². The summed E-state index contributed by atoms with van der Waals surface area (Å²) in [5, 5.41) is 10.0. The molecule has 0 bridgehead atoms. The van der Waals surface area contributed by atoms with Gasteiger partial charge >= 0.3 is 12.1 Å². The Kier molecular flexibility index (Phi) is 15.6. The van der Waals surface area contributed by atoms with Crippen LogP contribution < -0.4 is 14.4 Å². The second kappa shape index (κ2) is 20.6. The molecule has 6 rings (SSSR count). The van der Waals surface area contributed by atoms with E-state index in [1.807, 2.05) is 50.8 Å². The predicted octanol–water partition coefficient (Wildman–Crippen LogP) is 10.0. The second-order valence-corrected chi connectivity index (χ2v) is 25.3. The quantitative estimate of drug-likeness (QED) is 0.0475. The van der Waals surface area contributed by atoms with Gasteiger partial charge < -0.3 is 28.7 Å². The van der Waals surface area contributed by atoms with Gasteiger partial charge in [0.2, 0.25) is 0 Å². The number of aromatic nitrogens is 4. The lowest BCUT2D eigenvalue weighted by Gasteiger charge is -2.28. The molecule has 1 aliphatic rings. The number of esters is 1. The number of fused-ring (bicyclic) bond motifs is 2. The van der Waals surface area contributed by atoms with Crippen LogP contribution in [0.3, 0.4) is 0 Å². The van der Waals surface area contributed by atoms with E-state index in [4.69, 9.17) is 34.0 Å². The number of hydrogen-bond donors (Lipinski definition) is 0. The highest BCUT2D eigenvalue weighted by molar-refractivity contribution is 7.16. The maximum Gasteiger partial charge on any atom is 0.410 e. The van der Waals surface area contributed by atoms with E-state index in [9.17, 15) is 9.59 Å². The van der Waals surface area contributed by atoms with Crippen molar-refractivity contribution >= 4 is 69.8 Å². The number of ether oxygens (including phenoxy) is 4. The zero-order chi connectivity index (χ0) is 44.6. The van der Waals surface area contributed by atoms with Crippen LogP contribution in [0.25, 0.3) is 10.2 Å². The van der Waals surface area contributed by atoms with Crippen molar-refractivity contribution in [1.82, 2.24) is 24.6 Å². The summed E-state index contributed by atoms with van der Waals surface area (Å²) in [6, 6.07) is 14.3. The van der Waals surface area contributed by atoms with Crippen molar-refractivity contribution in [2.45, 2.75) is 111 Å². The number of carbonyl (C=O) groups is 2. The van der Waals surface area contributed by atoms with Gasteiger partial charge in [0.05, 0.1) is 23.4 Å². The normalized spacial score (nSPS) is 13.4. The molecule has 5 aromatic rings.